The third kappa shape index (κ3) is 2.35. The number of carboxylic acid groups (broad SMARTS) is 3. The number of hydrogen-bond donors (Lipinski definition) is 3. The zero-order valence-corrected chi connectivity index (χ0v) is 7.95. The van der Waals surface area contributed by atoms with E-state index in [4.69, 9.17) is 15.3 Å². The van der Waals surface area contributed by atoms with E-state index in [0.29, 0.717) is 0 Å². The highest BCUT2D eigenvalue weighted by Crippen LogP contribution is 2.08. The Balaban J connectivity index is 3.05. The number of hydrogen-bond acceptors (Lipinski definition) is 4. The van der Waals surface area contributed by atoms with Crippen molar-refractivity contribution in [3.63, 3.8) is 0 Å². The van der Waals surface area contributed by atoms with E-state index in [9.17, 15) is 14.4 Å². The van der Waals surface area contributed by atoms with Gasteiger partial charge >= 0.3 is 17.9 Å². The van der Waals surface area contributed by atoms with E-state index in [0.717, 1.165) is 10.9 Å². The van der Waals surface area contributed by atoms with E-state index < -0.39 is 29.3 Å². The van der Waals surface area contributed by atoms with E-state index >= 15 is 0 Å². The number of aromatic nitrogens is 2. The third-order valence-corrected chi connectivity index (χ3v) is 1.81. The number of carboxylic acids is 3. The standard InChI is InChI=1S/C8H8N2O6/c11-4(12)1-2-10-3-9-5(7(13)14)6(10)8(15)16/h3H,1-2H2,(H,11,12)(H,13,14)(H,15,16). The molecule has 0 bridgehead atoms. The summed E-state index contributed by atoms with van der Waals surface area (Å²) in [5.41, 5.74) is -1.12. The predicted octanol–water partition coefficient (Wildman–Crippen LogP) is -0.246. The molecule has 0 aromatic carbocycles. The molecular formula is C8H8N2O6. The Bertz CT molecular complexity index is 449. The van der Waals surface area contributed by atoms with Crippen molar-refractivity contribution in [3.8, 4) is 0 Å². The van der Waals surface area contributed by atoms with E-state index in [-0.39, 0.29) is 13.0 Å². The number of imidazole rings is 1. The van der Waals surface area contributed by atoms with E-state index in [1.165, 1.54) is 0 Å². The molecule has 0 unspecified atom stereocenters. The molecule has 0 aliphatic rings. The van der Waals surface area contributed by atoms with Gasteiger partial charge in [0.1, 0.15) is 0 Å². The second-order valence-corrected chi connectivity index (χ2v) is 2.89. The molecule has 8 heteroatoms. The van der Waals surface area contributed by atoms with E-state index in [1.54, 1.807) is 0 Å². The topological polar surface area (TPSA) is 130 Å². The molecule has 0 amide bonds. The fraction of sp³-hybridized carbons (Fsp3) is 0.250. The summed E-state index contributed by atoms with van der Waals surface area (Å²) >= 11 is 0. The Morgan fingerprint density at radius 3 is 2.25 bits per heavy atom. The summed E-state index contributed by atoms with van der Waals surface area (Å²) in [6.07, 6.45) is 0.686. The molecule has 8 nitrogen and oxygen atoms in total. The molecular weight excluding hydrogens is 220 g/mol. The number of rotatable bonds is 5. The van der Waals surface area contributed by atoms with Gasteiger partial charge in [0.2, 0.25) is 0 Å². The maximum absolute atomic E-state index is 10.8. The second-order valence-electron chi connectivity index (χ2n) is 2.89. The van der Waals surface area contributed by atoms with Crippen LogP contribution in [0, 0.1) is 0 Å². The first-order valence-electron chi connectivity index (χ1n) is 4.17. The zero-order valence-electron chi connectivity index (χ0n) is 7.95. The molecule has 16 heavy (non-hydrogen) atoms. The molecule has 1 rings (SSSR count). The van der Waals surface area contributed by atoms with Gasteiger partial charge in [-0.25, -0.2) is 14.6 Å². The molecule has 0 saturated carbocycles. The number of aryl methyl sites for hydroxylation is 1. The first kappa shape index (κ1) is 11.7. The highest BCUT2D eigenvalue weighted by molar-refractivity contribution is 5.99. The smallest absolute Gasteiger partial charge is 0.357 e. The first-order chi connectivity index (χ1) is 7.43. The SMILES string of the molecule is O=C(O)CCn1cnc(C(=O)O)c1C(=O)O. The molecule has 3 N–H and O–H groups in total. The van der Waals surface area contributed by atoms with Gasteiger partial charge in [0.15, 0.2) is 11.4 Å². The molecule has 0 atom stereocenters. The lowest BCUT2D eigenvalue weighted by Gasteiger charge is -2.02. The van der Waals surface area contributed by atoms with Gasteiger partial charge in [0.05, 0.1) is 12.7 Å². The van der Waals surface area contributed by atoms with Crippen molar-refractivity contribution in [2.24, 2.45) is 0 Å². The van der Waals surface area contributed by atoms with Crippen LogP contribution in [0.4, 0.5) is 0 Å². The number of aromatic carboxylic acids is 2. The highest BCUT2D eigenvalue weighted by atomic mass is 16.4. The summed E-state index contributed by atoms with van der Waals surface area (Å²) in [6, 6.07) is 0. The van der Waals surface area contributed by atoms with Crippen LogP contribution in [0.25, 0.3) is 0 Å². The molecule has 0 aliphatic carbocycles. The van der Waals surface area contributed by atoms with Crippen LogP contribution in [-0.2, 0) is 11.3 Å². The van der Waals surface area contributed by atoms with Crippen molar-refractivity contribution in [2.75, 3.05) is 0 Å². The van der Waals surface area contributed by atoms with Gasteiger partial charge in [-0.3, -0.25) is 4.79 Å². The van der Waals surface area contributed by atoms with Crippen LogP contribution in [0.5, 0.6) is 0 Å². The fourth-order valence-corrected chi connectivity index (χ4v) is 1.15. The van der Waals surface area contributed by atoms with Crippen molar-refractivity contribution in [1.29, 1.82) is 0 Å². The molecule has 1 heterocycles. The maximum atomic E-state index is 10.8. The number of aliphatic carboxylic acids is 1. The summed E-state index contributed by atoms with van der Waals surface area (Å²) in [6.45, 7) is -0.142. The van der Waals surface area contributed by atoms with Crippen LogP contribution in [-0.4, -0.2) is 42.8 Å². The van der Waals surface area contributed by atoms with E-state index in [1.807, 2.05) is 0 Å². The fourth-order valence-electron chi connectivity index (χ4n) is 1.15. The van der Waals surface area contributed by atoms with Crippen molar-refractivity contribution in [3.05, 3.63) is 17.7 Å². The minimum absolute atomic E-state index is 0.142. The monoisotopic (exact) mass is 228 g/mol. The summed E-state index contributed by atoms with van der Waals surface area (Å²) in [5.74, 6) is -4.03. The van der Waals surface area contributed by atoms with Crippen molar-refractivity contribution in [1.82, 2.24) is 9.55 Å². The van der Waals surface area contributed by atoms with Gasteiger partial charge in [-0.05, 0) is 0 Å². The summed E-state index contributed by atoms with van der Waals surface area (Å²) in [5, 5.41) is 25.9. The summed E-state index contributed by atoms with van der Waals surface area (Å²) < 4.78 is 0.986. The molecule has 86 valence electrons. The van der Waals surface area contributed by atoms with E-state index in [2.05, 4.69) is 4.98 Å². The number of carbonyl (C=O) groups is 3. The Morgan fingerprint density at radius 1 is 1.19 bits per heavy atom. The minimum atomic E-state index is -1.47. The largest absolute Gasteiger partial charge is 0.481 e. The van der Waals surface area contributed by atoms with Crippen LogP contribution in [0.15, 0.2) is 6.33 Å². The molecule has 1 aromatic rings. The van der Waals surface area contributed by atoms with Crippen molar-refractivity contribution >= 4 is 17.9 Å². The Morgan fingerprint density at radius 2 is 1.81 bits per heavy atom. The van der Waals surface area contributed by atoms with Crippen molar-refractivity contribution in [2.45, 2.75) is 13.0 Å². The zero-order chi connectivity index (χ0) is 12.3. The average Bonchev–Trinajstić information content (AvgIpc) is 2.57. The maximum Gasteiger partial charge on any atom is 0.357 e. The molecule has 0 saturated heterocycles. The molecule has 0 spiro atoms. The van der Waals surface area contributed by atoms with Crippen LogP contribution in [0.2, 0.25) is 0 Å². The van der Waals surface area contributed by atoms with Crippen LogP contribution in [0.1, 0.15) is 27.4 Å². The normalized spacial score (nSPS) is 10.0. The molecule has 0 radical (unpaired) electrons. The molecule has 0 fully saturated rings. The Hall–Kier alpha value is -2.38. The minimum Gasteiger partial charge on any atom is -0.481 e. The second kappa shape index (κ2) is 4.43. The quantitative estimate of drug-likeness (QED) is 0.633. The van der Waals surface area contributed by atoms with Crippen LogP contribution < -0.4 is 0 Å². The lowest BCUT2D eigenvalue weighted by atomic mass is 10.3. The summed E-state index contributed by atoms with van der Waals surface area (Å²) in [7, 11) is 0. The van der Waals surface area contributed by atoms with Crippen LogP contribution >= 0.6 is 0 Å². The molecule has 1 aromatic heterocycles. The van der Waals surface area contributed by atoms with Gasteiger partial charge < -0.3 is 19.9 Å². The van der Waals surface area contributed by atoms with Gasteiger partial charge in [-0.2, -0.15) is 0 Å². The van der Waals surface area contributed by atoms with Gasteiger partial charge in [-0.1, -0.05) is 0 Å². The van der Waals surface area contributed by atoms with Gasteiger partial charge in [0, 0.05) is 6.54 Å². The average molecular weight is 228 g/mol. The Labute approximate surface area is 88.8 Å². The third-order valence-electron chi connectivity index (χ3n) is 1.81. The Kier molecular flexibility index (Phi) is 3.24. The van der Waals surface area contributed by atoms with Gasteiger partial charge in [0.25, 0.3) is 0 Å². The molecule has 0 aliphatic heterocycles. The number of nitrogens with zero attached hydrogens (tertiary/aromatic N) is 2. The van der Waals surface area contributed by atoms with Crippen LogP contribution in [0.3, 0.4) is 0 Å². The predicted molar refractivity (Wildman–Crippen MR) is 48.4 cm³/mol. The highest BCUT2D eigenvalue weighted by Gasteiger charge is 2.22. The van der Waals surface area contributed by atoms with Gasteiger partial charge in [-0.15, -0.1) is 0 Å². The lowest BCUT2D eigenvalue weighted by molar-refractivity contribution is -0.137. The summed E-state index contributed by atoms with van der Waals surface area (Å²) in [4.78, 5) is 35.1. The van der Waals surface area contributed by atoms with Crippen molar-refractivity contribution < 1.29 is 29.7 Å². The first-order valence-corrected chi connectivity index (χ1v) is 4.17. The lowest BCUT2D eigenvalue weighted by Crippen LogP contribution is -2.14.